The van der Waals surface area contributed by atoms with Crippen LogP contribution in [0.5, 0.6) is 11.5 Å². The number of carbonyl (C=O) groups is 5. The van der Waals surface area contributed by atoms with Crippen LogP contribution in [0.15, 0.2) is 42.5 Å². The van der Waals surface area contributed by atoms with Crippen LogP contribution in [0, 0.1) is 5.92 Å². The zero-order valence-electron chi connectivity index (χ0n) is 26.6. The number of hydrogen-bond donors (Lipinski definition) is 3. The van der Waals surface area contributed by atoms with Gasteiger partial charge < -0.3 is 24.8 Å². The molecule has 12 nitrogen and oxygen atoms in total. The van der Waals surface area contributed by atoms with Crippen molar-refractivity contribution in [3.63, 3.8) is 0 Å². The van der Waals surface area contributed by atoms with Crippen LogP contribution in [0.4, 0.5) is 0 Å². The summed E-state index contributed by atoms with van der Waals surface area (Å²) in [4.78, 5) is 67.4. The van der Waals surface area contributed by atoms with Crippen molar-refractivity contribution < 1.29 is 38.2 Å². The van der Waals surface area contributed by atoms with E-state index in [1.54, 1.807) is 20.8 Å². The molecule has 0 saturated heterocycles. The minimum Gasteiger partial charge on any atom is -0.459 e. The predicted octanol–water partition coefficient (Wildman–Crippen LogP) is 2.59. The van der Waals surface area contributed by atoms with E-state index in [1.807, 2.05) is 44.2 Å². The molecule has 2 aromatic rings. The van der Waals surface area contributed by atoms with E-state index in [4.69, 9.17) is 14.2 Å². The number of nitrogens with one attached hydrogen (secondary N) is 3. The largest absolute Gasteiger partial charge is 0.459 e. The molecule has 242 valence electrons. The number of benzene rings is 2. The van der Waals surface area contributed by atoms with Crippen LogP contribution in [0.25, 0.3) is 0 Å². The number of likely N-dealkylation sites (N-methyl/N-ethyl adjacent to an activating group) is 1. The van der Waals surface area contributed by atoms with Gasteiger partial charge in [-0.2, -0.15) is 0 Å². The Bertz CT molecular complexity index is 1390. The van der Waals surface area contributed by atoms with Crippen LogP contribution >= 0.6 is 0 Å². The minimum absolute atomic E-state index is 0.00873. The number of nitrogens with zero attached hydrogens (tertiary/aromatic N) is 1. The molecule has 3 N–H and O–H groups in total. The number of carbonyl (C=O) groups excluding carboxylic acids is 5. The number of hydrogen-bond acceptors (Lipinski definition) is 9. The first-order valence-corrected chi connectivity index (χ1v) is 15.1. The van der Waals surface area contributed by atoms with Crippen LogP contribution in [-0.2, 0) is 25.5 Å². The lowest BCUT2D eigenvalue weighted by atomic mass is 9.99. The molecule has 4 amide bonds. The van der Waals surface area contributed by atoms with Crippen LogP contribution < -0.4 is 25.4 Å². The molecule has 0 aliphatic carbocycles. The Morgan fingerprint density at radius 1 is 0.911 bits per heavy atom. The smallest absolute Gasteiger partial charge is 0.323 e. The van der Waals surface area contributed by atoms with E-state index in [-0.39, 0.29) is 49.1 Å². The highest BCUT2D eigenvalue weighted by atomic mass is 16.7. The van der Waals surface area contributed by atoms with E-state index < -0.39 is 47.4 Å². The topological polar surface area (TPSA) is 152 Å². The number of amides is 4. The zero-order valence-corrected chi connectivity index (χ0v) is 26.6. The van der Waals surface area contributed by atoms with Gasteiger partial charge in [-0.3, -0.25) is 34.2 Å². The number of esters is 1. The van der Waals surface area contributed by atoms with E-state index in [0.717, 1.165) is 10.5 Å². The van der Waals surface area contributed by atoms with E-state index >= 15 is 0 Å². The summed E-state index contributed by atoms with van der Waals surface area (Å²) in [7, 11) is 1.50. The zero-order chi connectivity index (χ0) is 32.9. The van der Waals surface area contributed by atoms with Gasteiger partial charge in [0.1, 0.15) is 17.7 Å². The molecule has 12 heteroatoms. The lowest BCUT2D eigenvalue weighted by molar-refractivity contribution is -0.158. The number of rotatable bonds is 13. The number of imide groups is 1. The van der Waals surface area contributed by atoms with Gasteiger partial charge in [-0.1, -0.05) is 44.2 Å². The standard InChI is InChI=1S/C33H42N4O8/c1-19(2)14-24(29(39)36-25(28(38)34-6)15-20-10-8-7-9-11-20)35-23(32(42)45-33(3,4)5)12-13-37-30(40)21-16-26-27(44-18-43-26)17-22(21)31(37)41/h7-11,16-17,19,23-25,35H,12-15,18H2,1-6H3,(H,34,38)(H,36,39)/t23?,24-,25-/m0/s1. The van der Waals surface area contributed by atoms with Crippen molar-refractivity contribution in [3.8, 4) is 11.5 Å². The fourth-order valence-electron chi connectivity index (χ4n) is 5.25. The minimum atomic E-state index is -1.05. The van der Waals surface area contributed by atoms with E-state index in [9.17, 15) is 24.0 Å². The van der Waals surface area contributed by atoms with Crippen molar-refractivity contribution in [2.24, 2.45) is 5.92 Å². The number of ether oxygens (including phenoxy) is 3. The third-order valence-electron chi connectivity index (χ3n) is 7.38. The van der Waals surface area contributed by atoms with E-state index in [0.29, 0.717) is 17.9 Å². The van der Waals surface area contributed by atoms with Gasteiger partial charge in [-0.25, -0.2) is 0 Å². The summed E-state index contributed by atoms with van der Waals surface area (Å²) in [5.41, 5.74) is 0.433. The van der Waals surface area contributed by atoms with Gasteiger partial charge in [-0.15, -0.1) is 0 Å². The SMILES string of the molecule is CNC(=O)[C@H](Cc1ccccc1)NC(=O)[C@H](CC(C)C)NC(CCN1C(=O)c2cc3c(cc2C1=O)OCO3)C(=O)OC(C)(C)C. The molecule has 0 saturated carbocycles. The Kier molecular flexibility index (Phi) is 10.5. The summed E-state index contributed by atoms with van der Waals surface area (Å²) in [5, 5.41) is 8.59. The van der Waals surface area contributed by atoms with Crippen LogP contribution in [0.1, 0.15) is 73.7 Å². The van der Waals surface area contributed by atoms with Gasteiger partial charge in [0.15, 0.2) is 11.5 Å². The quantitative estimate of drug-likeness (QED) is 0.226. The Hall–Kier alpha value is -4.45. The molecule has 2 aliphatic heterocycles. The Labute approximate surface area is 263 Å². The highest BCUT2D eigenvalue weighted by Gasteiger charge is 2.39. The normalized spacial score (nSPS) is 15.8. The van der Waals surface area contributed by atoms with Gasteiger partial charge in [0.05, 0.1) is 17.2 Å². The molecule has 45 heavy (non-hydrogen) atoms. The van der Waals surface area contributed by atoms with Crippen LogP contribution in [0.3, 0.4) is 0 Å². The first-order chi connectivity index (χ1) is 21.3. The molecule has 0 fully saturated rings. The first kappa shape index (κ1) is 33.4. The first-order valence-electron chi connectivity index (χ1n) is 15.1. The molecule has 0 radical (unpaired) electrons. The van der Waals surface area contributed by atoms with Crippen molar-refractivity contribution in [3.05, 3.63) is 59.2 Å². The molecule has 3 atom stereocenters. The van der Waals surface area contributed by atoms with Crippen molar-refractivity contribution in [2.75, 3.05) is 20.4 Å². The van der Waals surface area contributed by atoms with Crippen molar-refractivity contribution in [1.82, 2.24) is 20.9 Å². The third kappa shape index (κ3) is 8.39. The molecule has 4 rings (SSSR count). The maximum atomic E-state index is 13.7. The summed E-state index contributed by atoms with van der Waals surface area (Å²) in [6, 6.07) is 9.52. The monoisotopic (exact) mass is 622 g/mol. The predicted molar refractivity (Wildman–Crippen MR) is 165 cm³/mol. The van der Waals surface area contributed by atoms with Crippen molar-refractivity contribution in [2.45, 2.75) is 77.6 Å². The van der Waals surface area contributed by atoms with Gasteiger partial charge in [0.25, 0.3) is 11.8 Å². The molecule has 0 spiro atoms. The fraction of sp³-hybridized carbons (Fsp3) is 0.485. The van der Waals surface area contributed by atoms with Crippen molar-refractivity contribution in [1.29, 1.82) is 0 Å². The van der Waals surface area contributed by atoms with Crippen LogP contribution in [0.2, 0.25) is 0 Å². The maximum Gasteiger partial charge on any atom is 0.323 e. The molecule has 2 aromatic carbocycles. The highest BCUT2D eigenvalue weighted by molar-refractivity contribution is 6.21. The maximum absolute atomic E-state index is 13.7. The molecule has 2 aliphatic rings. The van der Waals surface area contributed by atoms with E-state index in [2.05, 4.69) is 16.0 Å². The lowest BCUT2D eigenvalue weighted by Gasteiger charge is -2.30. The summed E-state index contributed by atoms with van der Waals surface area (Å²) in [6.07, 6.45) is 0.600. The van der Waals surface area contributed by atoms with Gasteiger partial charge in [0.2, 0.25) is 18.6 Å². The van der Waals surface area contributed by atoms with Gasteiger partial charge >= 0.3 is 5.97 Å². The second kappa shape index (κ2) is 14.1. The van der Waals surface area contributed by atoms with E-state index in [1.165, 1.54) is 19.2 Å². The second-order valence-electron chi connectivity index (χ2n) is 12.6. The summed E-state index contributed by atoms with van der Waals surface area (Å²) in [6.45, 7) is 8.96. The Morgan fingerprint density at radius 2 is 1.51 bits per heavy atom. The average Bonchev–Trinajstić information content (AvgIpc) is 3.53. The summed E-state index contributed by atoms with van der Waals surface area (Å²) >= 11 is 0. The lowest BCUT2D eigenvalue weighted by Crippen LogP contribution is -2.57. The molecular formula is C33H42N4O8. The highest BCUT2D eigenvalue weighted by Crippen LogP contribution is 2.38. The van der Waals surface area contributed by atoms with Crippen molar-refractivity contribution >= 4 is 29.6 Å². The number of fused-ring (bicyclic) bond motifs is 2. The Balaban J connectivity index is 1.53. The average molecular weight is 623 g/mol. The fourth-order valence-corrected chi connectivity index (χ4v) is 5.25. The van der Waals surface area contributed by atoms with Gasteiger partial charge in [0, 0.05) is 20.0 Å². The second-order valence-corrected chi connectivity index (χ2v) is 12.6. The van der Waals surface area contributed by atoms with Gasteiger partial charge in [-0.05, 0) is 57.2 Å². The summed E-state index contributed by atoms with van der Waals surface area (Å²) < 4.78 is 16.4. The molecule has 2 heterocycles. The molecule has 1 unspecified atom stereocenters. The van der Waals surface area contributed by atoms with Crippen LogP contribution in [-0.4, -0.2) is 78.6 Å². The molecular weight excluding hydrogens is 580 g/mol. The molecule has 0 bridgehead atoms. The third-order valence-corrected chi connectivity index (χ3v) is 7.38. The Morgan fingerprint density at radius 3 is 2.04 bits per heavy atom. The molecule has 0 aromatic heterocycles. The summed E-state index contributed by atoms with van der Waals surface area (Å²) in [5.74, 6) is -1.66.